The van der Waals surface area contributed by atoms with Crippen molar-refractivity contribution in [2.75, 3.05) is 5.73 Å². The molecule has 9 heteroatoms. The first-order valence-electron chi connectivity index (χ1n) is 10.7. The third-order valence-electron chi connectivity index (χ3n) is 6.34. The summed E-state index contributed by atoms with van der Waals surface area (Å²) in [6.45, 7) is 0. The van der Waals surface area contributed by atoms with Crippen molar-refractivity contribution in [2.45, 2.75) is 31.6 Å². The van der Waals surface area contributed by atoms with Gasteiger partial charge in [-0.05, 0) is 53.7 Å². The Kier molecular flexibility index (Phi) is 5.80. The summed E-state index contributed by atoms with van der Waals surface area (Å²) in [5, 5.41) is 14.4. The molecular formula is C24H21BrClN5O2. The molecule has 0 saturated heterocycles. The van der Waals surface area contributed by atoms with Gasteiger partial charge in [0.15, 0.2) is 5.65 Å². The van der Waals surface area contributed by atoms with E-state index in [1.165, 1.54) is 0 Å². The fourth-order valence-electron chi connectivity index (χ4n) is 4.48. The first kappa shape index (κ1) is 21.9. The first-order valence-corrected chi connectivity index (χ1v) is 11.9. The van der Waals surface area contributed by atoms with Gasteiger partial charge in [-0.2, -0.15) is 9.61 Å². The van der Waals surface area contributed by atoms with Crippen molar-refractivity contribution < 1.29 is 9.90 Å². The molecule has 1 aliphatic carbocycles. The normalized spacial score (nSPS) is 18.5. The van der Waals surface area contributed by atoms with Gasteiger partial charge in [-0.25, -0.2) is 4.98 Å². The summed E-state index contributed by atoms with van der Waals surface area (Å²) < 4.78 is 2.34. The zero-order valence-electron chi connectivity index (χ0n) is 17.6. The van der Waals surface area contributed by atoms with Crippen LogP contribution in [-0.4, -0.2) is 30.7 Å². The summed E-state index contributed by atoms with van der Waals surface area (Å²) in [5.74, 6) is -0.386. The Bertz CT molecular complexity index is 1350. The third kappa shape index (κ3) is 3.98. The van der Waals surface area contributed by atoms with Gasteiger partial charge in [-0.1, -0.05) is 35.9 Å². The largest absolute Gasteiger partial charge is 0.481 e. The molecule has 0 unspecified atom stereocenters. The Morgan fingerprint density at radius 3 is 2.52 bits per heavy atom. The number of nitrogen functional groups attached to an aromatic ring is 1. The Morgan fingerprint density at radius 2 is 1.85 bits per heavy atom. The van der Waals surface area contributed by atoms with E-state index in [1.54, 1.807) is 16.9 Å². The van der Waals surface area contributed by atoms with Gasteiger partial charge >= 0.3 is 5.97 Å². The van der Waals surface area contributed by atoms with Crippen molar-refractivity contribution in [2.24, 2.45) is 5.92 Å². The number of nitrogens with two attached hydrogens (primary N) is 1. The van der Waals surface area contributed by atoms with Crippen LogP contribution >= 0.6 is 27.5 Å². The van der Waals surface area contributed by atoms with Gasteiger partial charge in [0.2, 0.25) is 0 Å². The number of aromatic nitrogens is 4. The summed E-state index contributed by atoms with van der Waals surface area (Å²) >= 11 is 9.91. The SMILES string of the molecule is Nc1c(Br)c(C2CCC(C(=O)O)CC2)nc2c(-c3ccc(-c4ccccc4Cl)nc3)cnn12. The Labute approximate surface area is 203 Å². The van der Waals surface area contributed by atoms with Crippen LogP contribution in [0.2, 0.25) is 5.02 Å². The van der Waals surface area contributed by atoms with Crippen molar-refractivity contribution in [1.29, 1.82) is 0 Å². The summed E-state index contributed by atoms with van der Waals surface area (Å²) in [6, 6.07) is 11.5. The monoisotopic (exact) mass is 525 g/mol. The third-order valence-corrected chi connectivity index (χ3v) is 7.48. The lowest BCUT2D eigenvalue weighted by atomic mass is 9.80. The van der Waals surface area contributed by atoms with Crippen molar-refractivity contribution in [1.82, 2.24) is 19.6 Å². The number of aliphatic carboxylic acids is 1. The van der Waals surface area contributed by atoms with Gasteiger partial charge in [-0.3, -0.25) is 9.78 Å². The van der Waals surface area contributed by atoms with E-state index in [1.807, 2.05) is 36.4 Å². The number of anilines is 1. The van der Waals surface area contributed by atoms with Crippen LogP contribution in [-0.2, 0) is 4.79 Å². The van der Waals surface area contributed by atoms with E-state index in [0.29, 0.717) is 29.3 Å². The number of hydrogen-bond acceptors (Lipinski definition) is 5. The number of hydrogen-bond donors (Lipinski definition) is 2. The molecule has 0 radical (unpaired) electrons. The van der Waals surface area contributed by atoms with Crippen LogP contribution in [0.4, 0.5) is 5.82 Å². The van der Waals surface area contributed by atoms with Crippen molar-refractivity contribution >= 4 is 45.0 Å². The molecule has 5 rings (SSSR count). The fourth-order valence-corrected chi connectivity index (χ4v) is 5.30. The summed E-state index contributed by atoms with van der Waals surface area (Å²) in [6.07, 6.45) is 6.32. The lowest BCUT2D eigenvalue weighted by Gasteiger charge is -2.26. The summed E-state index contributed by atoms with van der Waals surface area (Å²) in [5.41, 5.74) is 11.3. The molecular weight excluding hydrogens is 506 g/mol. The fraction of sp³-hybridized carbons (Fsp3) is 0.250. The van der Waals surface area contributed by atoms with Gasteiger partial charge in [0, 0.05) is 33.8 Å². The van der Waals surface area contributed by atoms with E-state index < -0.39 is 5.97 Å². The smallest absolute Gasteiger partial charge is 0.306 e. The molecule has 1 fully saturated rings. The van der Waals surface area contributed by atoms with Crippen molar-refractivity contribution in [3.05, 3.63) is 64.0 Å². The Balaban J connectivity index is 1.51. The molecule has 0 spiro atoms. The molecule has 0 atom stereocenters. The second-order valence-corrected chi connectivity index (χ2v) is 9.49. The maximum atomic E-state index is 11.3. The average molecular weight is 527 g/mol. The van der Waals surface area contributed by atoms with Gasteiger partial charge in [0.1, 0.15) is 5.82 Å². The molecule has 168 valence electrons. The second kappa shape index (κ2) is 8.76. The van der Waals surface area contributed by atoms with Crippen LogP contribution in [0.25, 0.3) is 28.0 Å². The van der Waals surface area contributed by atoms with Crippen LogP contribution in [0.1, 0.15) is 37.3 Å². The number of rotatable bonds is 4. The molecule has 1 aromatic carbocycles. The summed E-state index contributed by atoms with van der Waals surface area (Å²) in [7, 11) is 0. The standard InChI is InChI=1S/C24H21BrClN5O2/c25-20-21(13-5-7-14(8-6-13)24(32)33)30-23-17(12-29-31(23)22(20)27)15-9-10-19(28-11-15)16-3-1-2-4-18(16)26/h1-4,9-14H,5-8,27H2,(H,32,33). The minimum atomic E-state index is -0.721. The highest BCUT2D eigenvalue weighted by molar-refractivity contribution is 9.10. The quantitative estimate of drug-likeness (QED) is 0.347. The zero-order chi connectivity index (χ0) is 23.1. The van der Waals surface area contributed by atoms with Gasteiger partial charge in [0.05, 0.1) is 28.0 Å². The number of pyridine rings is 1. The molecule has 0 aliphatic heterocycles. The van der Waals surface area contributed by atoms with E-state index in [2.05, 4.69) is 26.0 Å². The van der Waals surface area contributed by atoms with Crippen LogP contribution < -0.4 is 5.73 Å². The number of carboxylic acid groups (broad SMARTS) is 1. The number of benzene rings is 1. The van der Waals surface area contributed by atoms with Crippen molar-refractivity contribution in [3.8, 4) is 22.4 Å². The Hall–Kier alpha value is -2.97. The van der Waals surface area contributed by atoms with E-state index in [9.17, 15) is 9.90 Å². The van der Waals surface area contributed by atoms with Gasteiger partial charge in [0.25, 0.3) is 0 Å². The summed E-state index contributed by atoms with van der Waals surface area (Å²) in [4.78, 5) is 20.9. The van der Waals surface area contributed by atoms with Crippen molar-refractivity contribution in [3.63, 3.8) is 0 Å². The molecule has 1 aliphatic rings. The second-order valence-electron chi connectivity index (χ2n) is 8.29. The number of nitrogens with zero attached hydrogens (tertiary/aromatic N) is 4. The Morgan fingerprint density at radius 1 is 1.09 bits per heavy atom. The van der Waals surface area contributed by atoms with E-state index in [0.717, 1.165) is 45.4 Å². The van der Waals surface area contributed by atoms with Gasteiger partial charge < -0.3 is 10.8 Å². The van der Waals surface area contributed by atoms with E-state index in [-0.39, 0.29) is 11.8 Å². The molecule has 0 bridgehead atoms. The topological polar surface area (TPSA) is 106 Å². The molecule has 1 saturated carbocycles. The highest BCUT2D eigenvalue weighted by Crippen LogP contribution is 2.40. The number of halogens is 2. The zero-order valence-corrected chi connectivity index (χ0v) is 19.9. The van der Waals surface area contributed by atoms with E-state index in [4.69, 9.17) is 22.3 Å². The van der Waals surface area contributed by atoms with Gasteiger partial charge in [-0.15, -0.1) is 0 Å². The molecule has 3 heterocycles. The van der Waals surface area contributed by atoms with E-state index >= 15 is 0 Å². The lowest BCUT2D eigenvalue weighted by molar-refractivity contribution is -0.142. The van der Waals surface area contributed by atoms with Crippen LogP contribution in [0.3, 0.4) is 0 Å². The maximum absolute atomic E-state index is 11.3. The predicted molar refractivity (Wildman–Crippen MR) is 131 cm³/mol. The number of fused-ring (bicyclic) bond motifs is 1. The highest BCUT2D eigenvalue weighted by atomic mass is 79.9. The minimum absolute atomic E-state index is 0.144. The molecule has 4 aromatic rings. The number of carbonyl (C=O) groups is 1. The van der Waals surface area contributed by atoms with Crippen LogP contribution in [0.5, 0.6) is 0 Å². The molecule has 0 amide bonds. The minimum Gasteiger partial charge on any atom is -0.481 e. The molecule has 7 nitrogen and oxygen atoms in total. The molecule has 3 aromatic heterocycles. The number of carboxylic acids is 1. The first-order chi connectivity index (χ1) is 15.9. The lowest BCUT2D eigenvalue weighted by Crippen LogP contribution is -2.21. The average Bonchev–Trinajstić information content (AvgIpc) is 3.26. The highest BCUT2D eigenvalue weighted by Gasteiger charge is 2.30. The van der Waals surface area contributed by atoms with Crippen LogP contribution in [0, 0.1) is 5.92 Å². The predicted octanol–water partition coefficient (Wildman–Crippen LogP) is 5.81. The molecule has 3 N–H and O–H groups in total. The maximum Gasteiger partial charge on any atom is 0.306 e. The van der Waals surface area contributed by atoms with Crippen LogP contribution in [0.15, 0.2) is 53.3 Å². The molecule has 33 heavy (non-hydrogen) atoms.